The minimum absolute atomic E-state index is 0.0401. The van der Waals surface area contributed by atoms with E-state index in [1.165, 1.54) is 19.3 Å². The molecule has 0 amide bonds. The number of allylic oxidation sites excluding steroid dienone is 1. The van der Waals surface area contributed by atoms with Gasteiger partial charge in [0.1, 0.15) is 0 Å². The molecule has 1 aromatic carbocycles. The molecule has 4 fully saturated rings. The van der Waals surface area contributed by atoms with E-state index in [2.05, 4.69) is 0 Å². The van der Waals surface area contributed by atoms with Crippen LogP contribution in [0.5, 0.6) is 11.5 Å². The molecule has 1 aliphatic heterocycles. The van der Waals surface area contributed by atoms with Crippen LogP contribution in [0.2, 0.25) is 0 Å². The van der Waals surface area contributed by atoms with E-state index in [1.807, 2.05) is 30.4 Å². The van der Waals surface area contributed by atoms with Gasteiger partial charge in [-0.15, -0.1) is 0 Å². The maximum Gasteiger partial charge on any atom is 0.231 e. The molecule has 0 unspecified atom stereocenters. The highest BCUT2D eigenvalue weighted by Gasteiger charge is 2.53. The fraction of sp³-hybridized carbons (Fsp3) is 0.550. The number of ketones is 1. The molecule has 23 heavy (non-hydrogen) atoms. The molecule has 0 N–H and O–H groups in total. The van der Waals surface area contributed by atoms with Crippen LogP contribution in [0.25, 0.3) is 6.08 Å². The summed E-state index contributed by atoms with van der Waals surface area (Å²) in [5.74, 6) is 4.34. The topological polar surface area (TPSA) is 35.5 Å². The smallest absolute Gasteiger partial charge is 0.231 e. The normalized spacial score (nSPS) is 36.8. The van der Waals surface area contributed by atoms with Crippen LogP contribution in [0.15, 0.2) is 24.3 Å². The van der Waals surface area contributed by atoms with Gasteiger partial charge in [0.2, 0.25) is 6.79 Å². The minimum atomic E-state index is -0.0401. The predicted octanol–water partition coefficient (Wildman–Crippen LogP) is 4.21. The minimum Gasteiger partial charge on any atom is -0.454 e. The van der Waals surface area contributed by atoms with Crippen LogP contribution in [-0.2, 0) is 4.79 Å². The molecule has 6 rings (SSSR count). The van der Waals surface area contributed by atoms with Crippen molar-refractivity contribution in [3.8, 4) is 11.5 Å². The third-order valence-electron chi connectivity index (χ3n) is 6.38. The van der Waals surface area contributed by atoms with E-state index >= 15 is 0 Å². The quantitative estimate of drug-likeness (QED) is 0.784. The standard InChI is InChI=1S/C20H22O3/c21-19(4-2-13-1-3-17-18(8-13)23-12-22-17)20-9-14-5-15(10-20)7-16(6-14)11-20/h1-4,8,14-16H,5-7,9-12H2/b4-2+. The van der Waals surface area contributed by atoms with Crippen molar-refractivity contribution in [2.24, 2.45) is 23.2 Å². The number of rotatable bonds is 3. The van der Waals surface area contributed by atoms with Gasteiger partial charge in [0.25, 0.3) is 0 Å². The summed E-state index contributed by atoms with van der Waals surface area (Å²) in [7, 11) is 0. The van der Waals surface area contributed by atoms with E-state index in [0.717, 1.165) is 54.1 Å². The molecule has 4 saturated carbocycles. The maximum atomic E-state index is 13.0. The summed E-state index contributed by atoms with van der Waals surface area (Å²) in [4.78, 5) is 13.0. The fourth-order valence-corrected chi connectivity index (χ4v) is 5.78. The molecule has 4 bridgehead atoms. The van der Waals surface area contributed by atoms with E-state index in [4.69, 9.17) is 9.47 Å². The van der Waals surface area contributed by atoms with Crippen LogP contribution in [0.4, 0.5) is 0 Å². The molecule has 0 atom stereocenters. The summed E-state index contributed by atoms with van der Waals surface area (Å²) in [5.41, 5.74) is 0.967. The fourth-order valence-electron chi connectivity index (χ4n) is 5.78. The van der Waals surface area contributed by atoms with Crippen molar-refractivity contribution < 1.29 is 14.3 Å². The van der Waals surface area contributed by atoms with Gasteiger partial charge in [-0.3, -0.25) is 4.79 Å². The van der Waals surface area contributed by atoms with Crippen molar-refractivity contribution in [2.75, 3.05) is 6.79 Å². The summed E-state index contributed by atoms with van der Waals surface area (Å²) in [6.07, 6.45) is 11.3. The van der Waals surface area contributed by atoms with E-state index in [0.29, 0.717) is 5.78 Å². The van der Waals surface area contributed by atoms with Crippen molar-refractivity contribution in [1.82, 2.24) is 0 Å². The lowest BCUT2D eigenvalue weighted by Gasteiger charge is -2.55. The van der Waals surface area contributed by atoms with E-state index in [-0.39, 0.29) is 12.2 Å². The van der Waals surface area contributed by atoms with Crippen molar-refractivity contribution in [3.05, 3.63) is 29.8 Å². The van der Waals surface area contributed by atoms with Crippen LogP contribution in [-0.4, -0.2) is 12.6 Å². The Balaban J connectivity index is 1.37. The Morgan fingerprint density at radius 3 is 2.35 bits per heavy atom. The Morgan fingerprint density at radius 2 is 1.65 bits per heavy atom. The molecule has 120 valence electrons. The summed E-state index contributed by atoms with van der Waals surface area (Å²) in [6, 6.07) is 5.85. The first-order valence-electron chi connectivity index (χ1n) is 8.82. The lowest BCUT2D eigenvalue weighted by atomic mass is 9.48. The SMILES string of the molecule is O=C(/C=C/c1ccc2c(c1)OCO2)C12CC3CC(CC(C3)C1)C2. The lowest BCUT2D eigenvalue weighted by Crippen LogP contribution is -2.49. The summed E-state index contributed by atoms with van der Waals surface area (Å²) < 4.78 is 10.7. The third-order valence-corrected chi connectivity index (χ3v) is 6.38. The van der Waals surface area contributed by atoms with Crippen LogP contribution < -0.4 is 9.47 Å². The van der Waals surface area contributed by atoms with Gasteiger partial charge in [0.05, 0.1) is 0 Å². The Kier molecular flexibility index (Phi) is 2.88. The largest absolute Gasteiger partial charge is 0.454 e. The number of benzene rings is 1. The second-order valence-corrected chi connectivity index (χ2v) is 8.01. The Hall–Kier alpha value is -1.77. The summed E-state index contributed by atoms with van der Waals surface area (Å²) in [6.45, 7) is 0.286. The molecular weight excluding hydrogens is 288 g/mol. The van der Waals surface area contributed by atoms with Crippen LogP contribution in [0.3, 0.4) is 0 Å². The zero-order chi connectivity index (χ0) is 15.4. The molecule has 5 aliphatic rings. The molecule has 1 aromatic rings. The Labute approximate surface area is 136 Å². The summed E-state index contributed by atoms with van der Waals surface area (Å²) in [5, 5.41) is 0. The monoisotopic (exact) mass is 310 g/mol. The molecule has 3 nitrogen and oxygen atoms in total. The van der Waals surface area contributed by atoms with Gasteiger partial charge in [-0.25, -0.2) is 0 Å². The first-order chi connectivity index (χ1) is 11.2. The highest BCUT2D eigenvalue weighted by molar-refractivity contribution is 5.98. The molecule has 3 heteroatoms. The van der Waals surface area contributed by atoms with Crippen LogP contribution in [0, 0.1) is 23.2 Å². The average Bonchev–Trinajstić information content (AvgIpc) is 2.99. The van der Waals surface area contributed by atoms with Gasteiger partial charge in [0.15, 0.2) is 17.3 Å². The van der Waals surface area contributed by atoms with Crippen LogP contribution >= 0.6 is 0 Å². The zero-order valence-electron chi connectivity index (χ0n) is 13.3. The van der Waals surface area contributed by atoms with Gasteiger partial charge in [0, 0.05) is 5.41 Å². The molecule has 0 aromatic heterocycles. The number of fused-ring (bicyclic) bond motifs is 1. The number of hydrogen-bond donors (Lipinski definition) is 0. The lowest BCUT2D eigenvalue weighted by molar-refractivity contribution is -0.138. The second-order valence-electron chi connectivity index (χ2n) is 8.01. The van der Waals surface area contributed by atoms with Crippen molar-refractivity contribution in [3.63, 3.8) is 0 Å². The molecule has 0 radical (unpaired) electrons. The molecule has 0 saturated heterocycles. The maximum absolute atomic E-state index is 13.0. The number of carbonyl (C=O) groups excluding carboxylic acids is 1. The Bertz CT molecular complexity index is 653. The summed E-state index contributed by atoms with van der Waals surface area (Å²) >= 11 is 0. The first-order valence-corrected chi connectivity index (χ1v) is 8.82. The zero-order valence-corrected chi connectivity index (χ0v) is 13.3. The first kappa shape index (κ1) is 13.6. The predicted molar refractivity (Wildman–Crippen MR) is 87.2 cm³/mol. The highest BCUT2D eigenvalue weighted by Crippen LogP contribution is 2.60. The molecule has 0 spiro atoms. The number of carbonyl (C=O) groups is 1. The molecular formula is C20H22O3. The van der Waals surface area contributed by atoms with Crippen molar-refractivity contribution in [2.45, 2.75) is 38.5 Å². The second kappa shape index (κ2) is 4.86. The van der Waals surface area contributed by atoms with Gasteiger partial charge in [-0.2, -0.15) is 0 Å². The van der Waals surface area contributed by atoms with Crippen molar-refractivity contribution >= 4 is 11.9 Å². The van der Waals surface area contributed by atoms with Gasteiger partial charge >= 0.3 is 0 Å². The van der Waals surface area contributed by atoms with E-state index in [9.17, 15) is 4.79 Å². The van der Waals surface area contributed by atoms with E-state index in [1.54, 1.807) is 0 Å². The van der Waals surface area contributed by atoms with Gasteiger partial charge in [-0.1, -0.05) is 12.1 Å². The van der Waals surface area contributed by atoms with Gasteiger partial charge < -0.3 is 9.47 Å². The number of hydrogen-bond acceptors (Lipinski definition) is 3. The van der Waals surface area contributed by atoms with Gasteiger partial charge in [-0.05, 0) is 80.1 Å². The average molecular weight is 310 g/mol. The van der Waals surface area contributed by atoms with Crippen molar-refractivity contribution in [1.29, 1.82) is 0 Å². The molecule has 1 heterocycles. The third kappa shape index (κ3) is 2.20. The Morgan fingerprint density at radius 1 is 1.00 bits per heavy atom. The van der Waals surface area contributed by atoms with Crippen LogP contribution in [0.1, 0.15) is 44.1 Å². The van der Waals surface area contributed by atoms with E-state index < -0.39 is 0 Å². The molecule has 4 aliphatic carbocycles. The highest BCUT2D eigenvalue weighted by atomic mass is 16.7. The number of ether oxygens (including phenoxy) is 2.